The number of hydrogen-bond donors (Lipinski definition) is 1. The zero-order valence-electron chi connectivity index (χ0n) is 14.1. The number of nitrogens with one attached hydrogen (secondary N) is 1. The summed E-state index contributed by atoms with van der Waals surface area (Å²) in [5.74, 6) is -0.355. The van der Waals surface area contributed by atoms with Gasteiger partial charge in [0.25, 0.3) is 0 Å². The Hall–Kier alpha value is -2.93. The van der Waals surface area contributed by atoms with Crippen molar-refractivity contribution in [1.29, 1.82) is 0 Å². The lowest BCUT2D eigenvalue weighted by Crippen LogP contribution is -2.07. The molecule has 1 aliphatic rings. The summed E-state index contributed by atoms with van der Waals surface area (Å²) in [5.41, 5.74) is 1.62. The number of anilines is 2. The third-order valence-electron chi connectivity index (χ3n) is 3.41. The van der Waals surface area contributed by atoms with Crippen LogP contribution in [0.3, 0.4) is 0 Å². The van der Waals surface area contributed by atoms with Crippen LogP contribution in [-0.2, 0) is 14.3 Å². The van der Waals surface area contributed by atoms with Crippen LogP contribution in [0, 0.1) is 0 Å². The van der Waals surface area contributed by atoms with E-state index in [-0.39, 0.29) is 17.5 Å². The van der Waals surface area contributed by atoms with Crippen LogP contribution in [-0.4, -0.2) is 31.9 Å². The maximum atomic E-state index is 12.0. The Morgan fingerprint density at radius 1 is 1.20 bits per heavy atom. The highest BCUT2D eigenvalue weighted by Gasteiger charge is 2.24. The van der Waals surface area contributed by atoms with Gasteiger partial charge < -0.3 is 15.0 Å². The molecule has 0 fully saturated rings. The molecule has 128 valence electrons. The lowest BCUT2D eigenvalue weighted by Gasteiger charge is -2.06. The number of amides is 1. The highest BCUT2D eigenvalue weighted by atomic mass is 32.1. The van der Waals surface area contributed by atoms with Crippen molar-refractivity contribution in [3.63, 3.8) is 0 Å². The van der Waals surface area contributed by atoms with Crippen molar-refractivity contribution in [2.24, 2.45) is 4.99 Å². The standard InChI is InChI=1S/C18H17N3O3S/c1-11(22)19-13-6-4-12(5-7-13)17-20-15(18(23)24-17)10-14-8-9-16(25-14)21(2)3/h4-10H,1-3H3,(H,19,22)/b15-10-. The second-order valence-corrected chi connectivity index (χ2v) is 6.76. The van der Waals surface area contributed by atoms with Crippen LogP contribution in [0.1, 0.15) is 17.4 Å². The van der Waals surface area contributed by atoms with Crippen LogP contribution < -0.4 is 10.2 Å². The molecule has 3 rings (SSSR count). The zero-order chi connectivity index (χ0) is 18.0. The third-order valence-corrected chi connectivity index (χ3v) is 4.61. The molecule has 7 heteroatoms. The van der Waals surface area contributed by atoms with Gasteiger partial charge in [0.05, 0.1) is 5.00 Å². The van der Waals surface area contributed by atoms with Gasteiger partial charge in [0, 0.05) is 37.1 Å². The predicted molar refractivity (Wildman–Crippen MR) is 100.0 cm³/mol. The van der Waals surface area contributed by atoms with E-state index >= 15 is 0 Å². The molecule has 2 heterocycles. The Kier molecular flexibility index (Phi) is 4.67. The molecule has 0 spiro atoms. The van der Waals surface area contributed by atoms with Gasteiger partial charge in [-0.1, -0.05) is 0 Å². The summed E-state index contributed by atoms with van der Waals surface area (Å²) < 4.78 is 5.26. The van der Waals surface area contributed by atoms with Gasteiger partial charge >= 0.3 is 5.97 Å². The first-order valence-corrected chi connectivity index (χ1v) is 8.42. The molecule has 0 unspecified atom stereocenters. The summed E-state index contributed by atoms with van der Waals surface area (Å²) in [6, 6.07) is 10.9. The lowest BCUT2D eigenvalue weighted by atomic mass is 10.2. The Labute approximate surface area is 149 Å². The van der Waals surface area contributed by atoms with E-state index in [9.17, 15) is 9.59 Å². The minimum atomic E-state index is -0.472. The second-order valence-electron chi connectivity index (χ2n) is 5.67. The van der Waals surface area contributed by atoms with Crippen molar-refractivity contribution in [3.05, 3.63) is 52.5 Å². The molecule has 2 aromatic rings. The fourth-order valence-corrected chi connectivity index (χ4v) is 3.09. The van der Waals surface area contributed by atoms with E-state index in [0.29, 0.717) is 11.3 Å². The molecule has 1 amide bonds. The third kappa shape index (κ3) is 3.95. The van der Waals surface area contributed by atoms with E-state index in [0.717, 1.165) is 9.88 Å². The van der Waals surface area contributed by atoms with Gasteiger partial charge in [-0.2, -0.15) is 0 Å². The molecule has 1 aromatic carbocycles. The quantitative estimate of drug-likeness (QED) is 0.676. The van der Waals surface area contributed by atoms with Crippen LogP contribution >= 0.6 is 11.3 Å². The van der Waals surface area contributed by atoms with Gasteiger partial charge in [0.2, 0.25) is 11.8 Å². The molecule has 0 aliphatic carbocycles. The minimum Gasteiger partial charge on any atom is -0.402 e. The van der Waals surface area contributed by atoms with Gasteiger partial charge in [0.15, 0.2) is 5.70 Å². The number of cyclic esters (lactones) is 1. The number of carbonyl (C=O) groups is 2. The van der Waals surface area contributed by atoms with Crippen LogP contribution in [0.25, 0.3) is 6.08 Å². The van der Waals surface area contributed by atoms with Crippen molar-refractivity contribution in [3.8, 4) is 0 Å². The Morgan fingerprint density at radius 3 is 2.52 bits per heavy atom. The van der Waals surface area contributed by atoms with Gasteiger partial charge in [-0.25, -0.2) is 9.79 Å². The molecule has 0 saturated heterocycles. The van der Waals surface area contributed by atoms with E-state index in [1.807, 2.05) is 31.1 Å². The fraction of sp³-hybridized carbons (Fsp3) is 0.167. The molecule has 0 radical (unpaired) electrons. The van der Waals surface area contributed by atoms with E-state index in [2.05, 4.69) is 10.3 Å². The first-order chi connectivity index (χ1) is 11.9. The molecule has 1 aromatic heterocycles. The van der Waals surface area contributed by atoms with E-state index in [1.165, 1.54) is 6.92 Å². The van der Waals surface area contributed by atoms with Crippen molar-refractivity contribution < 1.29 is 14.3 Å². The zero-order valence-corrected chi connectivity index (χ0v) is 14.9. The lowest BCUT2D eigenvalue weighted by molar-refractivity contribution is -0.129. The number of carbonyl (C=O) groups excluding carboxylic acids is 2. The number of esters is 1. The average Bonchev–Trinajstić information content (AvgIpc) is 3.16. The first-order valence-electron chi connectivity index (χ1n) is 7.60. The monoisotopic (exact) mass is 355 g/mol. The molecular formula is C18H17N3O3S. The number of nitrogens with zero attached hydrogens (tertiary/aromatic N) is 2. The van der Waals surface area contributed by atoms with Crippen LogP contribution in [0.4, 0.5) is 10.7 Å². The summed E-state index contributed by atoms with van der Waals surface area (Å²) in [4.78, 5) is 30.3. The maximum Gasteiger partial charge on any atom is 0.363 e. The van der Waals surface area contributed by atoms with E-state index in [4.69, 9.17) is 4.74 Å². The molecule has 25 heavy (non-hydrogen) atoms. The molecule has 1 aliphatic heterocycles. The maximum absolute atomic E-state index is 12.0. The number of hydrogen-bond acceptors (Lipinski definition) is 6. The number of aliphatic imine (C=N–C) groups is 1. The Bertz CT molecular complexity index is 879. The predicted octanol–water partition coefficient (Wildman–Crippen LogP) is 3.12. The summed E-state index contributed by atoms with van der Waals surface area (Å²) in [5, 5.41) is 3.78. The molecule has 6 nitrogen and oxygen atoms in total. The summed E-state index contributed by atoms with van der Waals surface area (Å²) in [6.45, 7) is 1.44. The highest BCUT2D eigenvalue weighted by molar-refractivity contribution is 7.16. The Morgan fingerprint density at radius 2 is 1.92 bits per heavy atom. The van der Waals surface area contributed by atoms with Crippen molar-refractivity contribution in [2.45, 2.75) is 6.92 Å². The van der Waals surface area contributed by atoms with Crippen LogP contribution in [0.2, 0.25) is 0 Å². The number of thiophene rings is 1. The van der Waals surface area contributed by atoms with Crippen LogP contribution in [0.15, 0.2) is 47.1 Å². The number of ether oxygens (including phenoxy) is 1. The van der Waals surface area contributed by atoms with Gasteiger partial charge in [-0.3, -0.25) is 4.79 Å². The molecular weight excluding hydrogens is 338 g/mol. The first kappa shape index (κ1) is 16.9. The molecule has 0 saturated carbocycles. The highest BCUT2D eigenvalue weighted by Crippen LogP contribution is 2.28. The van der Waals surface area contributed by atoms with Crippen LogP contribution in [0.5, 0.6) is 0 Å². The summed E-state index contributed by atoms with van der Waals surface area (Å²) >= 11 is 1.57. The van der Waals surface area contributed by atoms with Gasteiger partial charge in [-0.05, 0) is 42.5 Å². The fourth-order valence-electron chi connectivity index (χ4n) is 2.23. The van der Waals surface area contributed by atoms with Crippen molar-refractivity contribution in [2.75, 3.05) is 24.3 Å². The normalized spacial score (nSPS) is 15.1. The Balaban J connectivity index is 1.81. The summed E-state index contributed by atoms with van der Waals surface area (Å²) in [7, 11) is 3.93. The largest absolute Gasteiger partial charge is 0.402 e. The molecule has 1 N–H and O–H groups in total. The smallest absolute Gasteiger partial charge is 0.363 e. The van der Waals surface area contributed by atoms with Crippen molar-refractivity contribution >= 4 is 45.9 Å². The molecule has 0 atom stereocenters. The summed E-state index contributed by atoms with van der Waals surface area (Å²) in [6.07, 6.45) is 1.72. The average molecular weight is 355 g/mol. The second kappa shape index (κ2) is 6.90. The van der Waals surface area contributed by atoms with E-state index in [1.54, 1.807) is 41.7 Å². The number of benzene rings is 1. The van der Waals surface area contributed by atoms with Gasteiger partial charge in [0.1, 0.15) is 0 Å². The SMILES string of the molecule is CC(=O)Nc1ccc(C2=N/C(=C\c3ccc(N(C)C)s3)C(=O)O2)cc1. The topological polar surface area (TPSA) is 71.0 Å². The van der Waals surface area contributed by atoms with E-state index < -0.39 is 5.97 Å². The molecule has 0 bridgehead atoms. The van der Waals surface area contributed by atoms with Gasteiger partial charge in [-0.15, -0.1) is 11.3 Å². The minimum absolute atomic E-state index is 0.143. The number of rotatable bonds is 4. The van der Waals surface area contributed by atoms with Crippen molar-refractivity contribution in [1.82, 2.24) is 0 Å².